The van der Waals surface area contributed by atoms with Crippen molar-refractivity contribution in [3.8, 4) is 5.75 Å². The Morgan fingerprint density at radius 2 is 1.88 bits per heavy atom. The summed E-state index contributed by atoms with van der Waals surface area (Å²) in [5.74, 6) is 0.519. The largest absolute Gasteiger partial charge is 0.488 e. The highest BCUT2D eigenvalue weighted by Crippen LogP contribution is 2.23. The lowest BCUT2D eigenvalue weighted by atomic mass is 10.1. The van der Waals surface area contributed by atoms with E-state index in [0.717, 1.165) is 11.3 Å². The average Bonchev–Trinajstić information content (AvgIpc) is 2.19. The van der Waals surface area contributed by atoms with Crippen molar-refractivity contribution in [2.24, 2.45) is 0 Å². The van der Waals surface area contributed by atoms with Crippen molar-refractivity contribution in [1.82, 2.24) is 0 Å². The minimum absolute atomic E-state index is 0.225. The van der Waals surface area contributed by atoms with Crippen LogP contribution in [0.15, 0.2) is 24.3 Å². The molecule has 1 aromatic rings. The molecule has 0 saturated carbocycles. The summed E-state index contributed by atoms with van der Waals surface area (Å²) in [5.41, 5.74) is 0.589. The lowest BCUT2D eigenvalue weighted by Crippen LogP contribution is -2.24. The van der Waals surface area contributed by atoms with Crippen LogP contribution in [0.25, 0.3) is 0 Å². The maximum Gasteiger partial charge on any atom is 0.310 e. The van der Waals surface area contributed by atoms with E-state index < -0.39 is 0 Å². The Labute approximate surface area is 103 Å². The molecule has 0 fully saturated rings. The van der Waals surface area contributed by atoms with Gasteiger partial charge in [0.1, 0.15) is 11.4 Å². The van der Waals surface area contributed by atoms with Gasteiger partial charge < -0.3 is 9.47 Å². The van der Waals surface area contributed by atoms with Crippen LogP contribution in [0.3, 0.4) is 0 Å². The van der Waals surface area contributed by atoms with E-state index in [-0.39, 0.29) is 18.0 Å². The van der Waals surface area contributed by atoms with Gasteiger partial charge in [-0.2, -0.15) is 0 Å². The Morgan fingerprint density at radius 3 is 2.47 bits per heavy atom. The molecule has 0 saturated heterocycles. The van der Waals surface area contributed by atoms with Crippen LogP contribution >= 0.6 is 0 Å². The van der Waals surface area contributed by atoms with Crippen LogP contribution in [-0.4, -0.2) is 18.2 Å². The number of benzene rings is 1. The van der Waals surface area contributed by atoms with Gasteiger partial charge in [-0.1, -0.05) is 18.2 Å². The highest BCUT2D eigenvalue weighted by molar-refractivity contribution is 5.73. The minimum Gasteiger partial charge on any atom is -0.488 e. The highest BCUT2D eigenvalue weighted by Gasteiger charge is 2.15. The normalized spacial score (nSPS) is 11.1. The van der Waals surface area contributed by atoms with Crippen molar-refractivity contribution < 1.29 is 14.3 Å². The molecule has 0 aromatic heterocycles. The number of carbonyl (C=O) groups is 1. The topological polar surface area (TPSA) is 35.5 Å². The summed E-state index contributed by atoms with van der Waals surface area (Å²) in [6.07, 6.45) is 0.250. The predicted molar refractivity (Wildman–Crippen MR) is 67.2 cm³/mol. The van der Waals surface area contributed by atoms with Gasteiger partial charge in [0.05, 0.1) is 13.0 Å². The van der Waals surface area contributed by atoms with Crippen LogP contribution < -0.4 is 4.74 Å². The second kappa shape index (κ2) is 5.71. The molecule has 0 bridgehead atoms. The molecule has 0 spiro atoms. The summed E-state index contributed by atoms with van der Waals surface area (Å²) in [6.45, 7) is 8.15. The van der Waals surface area contributed by atoms with Gasteiger partial charge in [0.2, 0.25) is 0 Å². The van der Waals surface area contributed by atoms with Gasteiger partial charge in [0, 0.05) is 5.56 Å². The molecule has 0 radical (unpaired) electrons. The van der Waals surface area contributed by atoms with Crippen molar-refractivity contribution in [3.05, 3.63) is 29.8 Å². The van der Waals surface area contributed by atoms with Crippen LogP contribution in [0.1, 0.15) is 33.3 Å². The van der Waals surface area contributed by atoms with E-state index >= 15 is 0 Å². The number of ether oxygens (including phenoxy) is 2. The zero-order chi connectivity index (χ0) is 12.9. The molecule has 0 aliphatic heterocycles. The summed E-state index contributed by atoms with van der Waals surface area (Å²) >= 11 is 0. The van der Waals surface area contributed by atoms with Crippen LogP contribution in [0.2, 0.25) is 0 Å². The first-order chi connectivity index (χ1) is 7.92. The number of hydrogen-bond acceptors (Lipinski definition) is 3. The van der Waals surface area contributed by atoms with Crippen molar-refractivity contribution >= 4 is 5.97 Å². The Bertz CT molecular complexity index is 377. The predicted octanol–water partition coefficient (Wildman–Crippen LogP) is 2.97. The van der Waals surface area contributed by atoms with Gasteiger partial charge in [-0.15, -0.1) is 0 Å². The van der Waals surface area contributed by atoms with E-state index in [4.69, 9.17) is 9.47 Å². The first-order valence-electron chi connectivity index (χ1n) is 5.85. The van der Waals surface area contributed by atoms with Gasteiger partial charge in [0.25, 0.3) is 0 Å². The summed E-state index contributed by atoms with van der Waals surface area (Å²) in [4.78, 5) is 11.5. The second-order valence-corrected chi connectivity index (χ2v) is 4.80. The number of hydrogen-bond donors (Lipinski definition) is 0. The standard InChI is InChI=1S/C14H20O3/c1-5-16-13(15)10-11-8-6-7-9-12(11)17-14(2,3)4/h6-9H,5,10H2,1-4H3. The van der Waals surface area contributed by atoms with Crippen LogP contribution in [0.5, 0.6) is 5.75 Å². The van der Waals surface area contributed by atoms with Crippen molar-refractivity contribution in [2.75, 3.05) is 6.61 Å². The maximum absolute atomic E-state index is 11.5. The number of carbonyl (C=O) groups excluding carboxylic acids is 1. The summed E-state index contributed by atoms with van der Waals surface area (Å²) in [7, 11) is 0. The minimum atomic E-state index is -0.273. The fraction of sp³-hybridized carbons (Fsp3) is 0.500. The Balaban J connectivity index is 2.81. The lowest BCUT2D eigenvalue weighted by molar-refractivity contribution is -0.142. The number of rotatable bonds is 4. The SMILES string of the molecule is CCOC(=O)Cc1ccccc1OC(C)(C)C. The fourth-order valence-electron chi connectivity index (χ4n) is 1.45. The van der Waals surface area contributed by atoms with Crippen LogP contribution in [-0.2, 0) is 16.0 Å². The molecule has 0 aliphatic rings. The molecule has 3 nitrogen and oxygen atoms in total. The lowest BCUT2D eigenvalue weighted by Gasteiger charge is -2.23. The molecule has 0 atom stereocenters. The van der Waals surface area contributed by atoms with E-state index in [2.05, 4.69) is 0 Å². The Morgan fingerprint density at radius 1 is 1.24 bits per heavy atom. The van der Waals surface area contributed by atoms with E-state index in [1.165, 1.54) is 0 Å². The third-order valence-corrected chi connectivity index (χ3v) is 2.03. The molecule has 17 heavy (non-hydrogen) atoms. The summed E-state index contributed by atoms with van der Waals surface area (Å²) in [5, 5.41) is 0. The molecule has 0 unspecified atom stereocenters. The van der Waals surface area contributed by atoms with Gasteiger partial charge in [-0.05, 0) is 33.8 Å². The molecule has 0 heterocycles. The van der Waals surface area contributed by atoms with Gasteiger partial charge >= 0.3 is 5.97 Å². The first-order valence-corrected chi connectivity index (χ1v) is 5.85. The van der Waals surface area contributed by atoms with E-state index in [9.17, 15) is 4.79 Å². The van der Waals surface area contributed by atoms with E-state index in [1.807, 2.05) is 45.0 Å². The monoisotopic (exact) mass is 236 g/mol. The number of esters is 1. The van der Waals surface area contributed by atoms with Crippen molar-refractivity contribution in [3.63, 3.8) is 0 Å². The average molecular weight is 236 g/mol. The molecule has 1 rings (SSSR count). The van der Waals surface area contributed by atoms with Gasteiger partial charge in [0.15, 0.2) is 0 Å². The van der Waals surface area contributed by atoms with Gasteiger partial charge in [-0.3, -0.25) is 4.79 Å². The van der Waals surface area contributed by atoms with Crippen molar-refractivity contribution in [2.45, 2.75) is 39.7 Å². The first kappa shape index (κ1) is 13.6. The third-order valence-electron chi connectivity index (χ3n) is 2.03. The van der Waals surface area contributed by atoms with E-state index in [1.54, 1.807) is 6.92 Å². The molecule has 1 aromatic carbocycles. The maximum atomic E-state index is 11.5. The molecular formula is C14H20O3. The smallest absolute Gasteiger partial charge is 0.310 e. The van der Waals surface area contributed by atoms with Gasteiger partial charge in [-0.25, -0.2) is 0 Å². The molecule has 0 aliphatic carbocycles. The molecule has 0 amide bonds. The molecule has 94 valence electrons. The summed E-state index contributed by atoms with van der Waals surface area (Å²) in [6, 6.07) is 7.55. The fourth-order valence-corrected chi connectivity index (χ4v) is 1.45. The quantitative estimate of drug-likeness (QED) is 0.754. The summed E-state index contributed by atoms with van der Waals surface area (Å²) < 4.78 is 10.7. The Hall–Kier alpha value is -1.51. The molecule has 0 N–H and O–H groups in total. The zero-order valence-electron chi connectivity index (χ0n) is 10.9. The van der Waals surface area contributed by atoms with Crippen molar-refractivity contribution in [1.29, 1.82) is 0 Å². The van der Waals surface area contributed by atoms with E-state index in [0.29, 0.717) is 6.61 Å². The zero-order valence-corrected chi connectivity index (χ0v) is 10.9. The third kappa shape index (κ3) is 4.89. The van der Waals surface area contributed by atoms with Crippen LogP contribution in [0.4, 0.5) is 0 Å². The Kier molecular flexibility index (Phi) is 4.55. The van der Waals surface area contributed by atoms with Crippen LogP contribution in [0, 0.1) is 0 Å². The number of para-hydroxylation sites is 1. The molecule has 3 heteroatoms. The second-order valence-electron chi connectivity index (χ2n) is 4.80. The molecular weight excluding hydrogens is 216 g/mol. The highest BCUT2D eigenvalue weighted by atomic mass is 16.5.